The topological polar surface area (TPSA) is 110 Å². The lowest BCUT2D eigenvalue weighted by molar-refractivity contribution is -0.118. The highest BCUT2D eigenvalue weighted by Gasteiger charge is 2.14. The first-order valence-corrected chi connectivity index (χ1v) is 8.33. The number of amides is 2. The summed E-state index contributed by atoms with van der Waals surface area (Å²) in [6.45, 7) is 3.18. The van der Waals surface area contributed by atoms with E-state index >= 15 is 0 Å². The third-order valence-corrected chi connectivity index (χ3v) is 3.95. The first-order valence-electron chi connectivity index (χ1n) is 8.33. The average Bonchev–Trinajstić information content (AvgIpc) is 2.64. The van der Waals surface area contributed by atoms with E-state index in [1.165, 1.54) is 6.20 Å². The second-order valence-corrected chi connectivity index (χ2v) is 5.94. The van der Waals surface area contributed by atoms with Crippen LogP contribution in [0.15, 0.2) is 42.6 Å². The van der Waals surface area contributed by atoms with Crippen molar-refractivity contribution in [1.29, 1.82) is 0 Å². The number of anilines is 3. The molecule has 0 aliphatic carbocycles. The normalized spacial score (nSPS) is 14.6. The highest BCUT2D eigenvalue weighted by molar-refractivity contribution is 6.04. The second-order valence-electron chi connectivity index (χ2n) is 5.94. The summed E-state index contributed by atoms with van der Waals surface area (Å²) in [5.41, 5.74) is 7.23. The molecule has 0 bridgehead atoms. The maximum atomic E-state index is 12.1. The largest absolute Gasteiger partial charge is 0.384 e. The SMILES string of the molecule is Nc1ccc(C(=O)Nc2ccc(NC(=O)CN3CCOCC3)cc2)cn1. The molecule has 1 aromatic carbocycles. The number of carbonyl (C=O) groups is 2. The number of ether oxygens (including phenoxy) is 1. The van der Waals surface area contributed by atoms with Gasteiger partial charge in [0, 0.05) is 30.7 Å². The van der Waals surface area contributed by atoms with Crippen LogP contribution in [0.4, 0.5) is 17.2 Å². The van der Waals surface area contributed by atoms with Crippen LogP contribution >= 0.6 is 0 Å². The molecule has 1 aliphatic rings. The minimum absolute atomic E-state index is 0.0726. The maximum absolute atomic E-state index is 12.1. The number of morpholine rings is 1. The van der Waals surface area contributed by atoms with Crippen molar-refractivity contribution in [2.75, 3.05) is 49.2 Å². The standard InChI is InChI=1S/C18H21N5O3/c19-16-6-1-13(11-20-16)18(25)22-15-4-2-14(3-5-15)21-17(24)12-23-7-9-26-10-8-23/h1-6,11H,7-10,12H2,(H2,19,20)(H,21,24)(H,22,25). The van der Waals surface area contributed by atoms with Gasteiger partial charge in [0.05, 0.1) is 25.3 Å². The van der Waals surface area contributed by atoms with Crippen LogP contribution in [0.5, 0.6) is 0 Å². The van der Waals surface area contributed by atoms with Gasteiger partial charge in [0.1, 0.15) is 5.82 Å². The molecule has 0 unspecified atom stereocenters. The molecule has 1 aliphatic heterocycles. The molecular weight excluding hydrogens is 334 g/mol. The lowest BCUT2D eigenvalue weighted by Crippen LogP contribution is -2.41. The number of nitrogens with zero attached hydrogens (tertiary/aromatic N) is 2. The van der Waals surface area contributed by atoms with Crippen molar-refractivity contribution in [3.63, 3.8) is 0 Å². The van der Waals surface area contributed by atoms with Crippen LogP contribution in [-0.2, 0) is 9.53 Å². The van der Waals surface area contributed by atoms with Gasteiger partial charge in [-0.1, -0.05) is 0 Å². The highest BCUT2D eigenvalue weighted by atomic mass is 16.5. The monoisotopic (exact) mass is 355 g/mol. The first-order chi connectivity index (χ1) is 12.6. The predicted molar refractivity (Wildman–Crippen MR) is 98.9 cm³/mol. The highest BCUT2D eigenvalue weighted by Crippen LogP contribution is 2.15. The molecule has 0 atom stereocenters. The maximum Gasteiger partial charge on any atom is 0.257 e. The number of nitrogen functional groups attached to an aromatic ring is 1. The summed E-state index contributed by atoms with van der Waals surface area (Å²) in [4.78, 5) is 30.2. The molecule has 3 rings (SSSR count). The molecule has 0 radical (unpaired) electrons. The van der Waals surface area contributed by atoms with Crippen molar-refractivity contribution in [2.45, 2.75) is 0 Å². The Hall–Kier alpha value is -2.97. The lowest BCUT2D eigenvalue weighted by Gasteiger charge is -2.25. The minimum Gasteiger partial charge on any atom is -0.384 e. The fourth-order valence-electron chi connectivity index (χ4n) is 2.54. The second kappa shape index (κ2) is 8.41. The van der Waals surface area contributed by atoms with Crippen molar-refractivity contribution in [1.82, 2.24) is 9.88 Å². The predicted octanol–water partition coefficient (Wildman–Crippen LogP) is 1.19. The third kappa shape index (κ3) is 5.01. The van der Waals surface area contributed by atoms with Gasteiger partial charge in [-0.25, -0.2) is 4.98 Å². The van der Waals surface area contributed by atoms with Crippen molar-refractivity contribution in [2.24, 2.45) is 0 Å². The number of nitrogens with two attached hydrogens (primary N) is 1. The van der Waals surface area contributed by atoms with E-state index in [1.54, 1.807) is 36.4 Å². The van der Waals surface area contributed by atoms with Crippen LogP contribution in [0.3, 0.4) is 0 Å². The molecule has 0 saturated carbocycles. The van der Waals surface area contributed by atoms with Crippen LogP contribution in [0.1, 0.15) is 10.4 Å². The van der Waals surface area contributed by atoms with Gasteiger partial charge in [-0.05, 0) is 36.4 Å². The third-order valence-electron chi connectivity index (χ3n) is 3.95. The number of carbonyl (C=O) groups excluding carboxylic acids is 2. The van der Waals surface area contributed by atoms with Crippen LogP contribution in [0.25, 0.3) is 0 Å². The Morgan fingerprint density at radius 2 is 1.69 bits per heavy atom. The Bertz CT molecular complexity index is 755. The van der Waals surface area contributed by atoms with Crippen LogP contribution < -0.4 is 16.4 Å². The van der Waals surface area contributed by atoms with E-state index in [2.05, 4.69) is 15.6 Å². The molecule has 1 aromatic heterocycles. The van der Waals surface area contributed by atoms with E-state index in [1.807, 2.05) is 4.90 Å². The van der Waals surface area contributed by atoms with Crippen LogP contribution in [0, 0.1) is 0 Å². The summed E-state index contributed by atoms with van der Waals surface area (Å²) in [5, 5.41) is 5.62. The number of hydrogen-bond acceptors (Lipinski definition) is 6. The Kier molecular flexibility index (Phi) is 5.77. The van der Waals surface area contributed by atoms with Crippen LogP contribution in [-0.4, -0.2) is 54.5 Å². The molecule has 1 saturated heterocycles. The Morgan fingerprint density at radius 3 is 2.31 bits per heavy atom. The van der Waals surface area contributed by atoms with Gasteiger partial charge in [0.2, 0.25) is 5.91 Å². The van der Waals surface area contributed by atoms with Gasteiger partial charge >= 0.3 is 0 Å². The number of hydrogen-bond donors (Lipinski definition) is 3. The minimum atomic E-state index is -0.276. The number of nitrogens with one attached hydrogen (secondary N) is 2. The summed E-state index contributed by atoms with van der Waals surface area (Å²) in [5.74, 6) is 0.0111. The smallest absolute Gasteiger partial charge is 0.257 e. The van der Waals surface area contributed by atoms with E-state index in [9.17, 15) is 9.59 Å². The van der Waals surface area contributed by atoms with E-state index in [0.29, 0.717) is 42.5 Å². The fraction of sp³-hybridized carbons (Fsp3) is 0.278. The molecule has 0 spiro atoms. The molecule has 2 aromatic rings. The number of pyridine rings is 1. The van der Waals surface area contributed by atoms with Gasteiger partial charge in [-0.15, -0.1) is 0 Å². The molecule has 8 nitrogen and oxygen atoms in total. The Labute approximate surface area is 151 Å². The molecule has 1 fully saturated rings. The van der Waals surface area contributed by atoms with Gasteiger partial charge < -0.3 is 21.1 Å². The summed E-state index contributed by atoms with van der Waals surface area (Å²) in [7, 11) is 0. The van der Waals surface area contributed by atoms with Gasteiger partial charge in [-0.3, -0.25) is 14.5 Å². The first kappa shape index (κ1) is 17.8. The molecule has 2 heterocycles. The van der Waals surface area contributed by atoms with E-state index in [4.69, 9.17) is 10.5 Å². The fourth-order valence-corrected chi connectivity index (χ4v) is 2.54. The number of rotatable bonds is 5. The molecule has 26 heavy (non-hydrogen) atoms. The van der Waals surface area contributed by atoms with Crippen molar-refractivity contribution in [3.05, 3.63) is 48.2 Å². The van der Waals surface area contributed by atoms with Gasteiger partial charge in [0.25, 0.3) is 5.91 Å². The number of aromatic nitrogens is 1. The van der Waals surface area contributed by atoms with Crippen LogP contribution in [0.2, 0.25) is 0 Å². The summed E-state index contributed by atoms with van der Waals surface area (Å²) in [6.07, 6.45) is 1.42. The van der Waals surface area contributed by atoms with Crippen molar-refractivity contribution in [3.8, 4) is 0 Å². The van der Waals surface area contributed by atoms with Gasteiger partial charge in [0.15, 0.2) is 0 Å². The average molecular weight is 355 g/mol. The zero-order chi connectivity index (χ0) is 18.4. The lowest BCUT2D eigenvalue weighted by atomic mass is 10.2. The summed E-state index contributed by atoms with van der Waals surface area (Å²) < 4.78 is 5.26. The van der Waals surface area contributed by atoms with Crippen molar-refractivity contribution >= 4 is 29.0 Å². The number of benzene rings is 1. The van der Waals surface area contributed by atoms with E-state index in [-0.39, 0.29) is 11.8 Å². The zero-order valence-electron chi connectivity index (χ0n) is 14.3. The van der Waals surface area contributed by atoms with Crippen molar-refractivity contribution < 1.29 is 14.3 Å². The molecule has 136 valence electrons. The molecule has 4 N–H and O–H groups in total. The molecular formula is C18H21N5O3. The molecule has 8 heteroatoms. The quantitative estimate of drug-likeness (QED) is 0.743. The molecule has 2 amide bonds. The summed E-state index contributed by atoms with van der Waals surface area (Å²) >= 11 is 0. The van der Waals surface area contributed by atoms with E-state index in [0.717, 1.165) is 13.1 Å². The Balaban J connectivity index is 1.52. The Morgan fingerprint density at radius 1 is 1.04 bits per heavy atom. The summed E-state index contributed by atoms with van der Waals surface area (Å²) in [6, 6.07) is 10.1. The van der Waals surface area contributed by atoms with Gasteiger partial charge in [-0.2, -0.15) is 0 Å². The zero-order valence-corrected chi connectivity index (χ0v) is 14.3. The van der Waals surface area contributed by atoms with E-state index < -0.39 is 0 Å².